The maximum Gasteiger partial charge on any atom is 0.243 e. The summed E-state index contributed by atoms with van der Waals surface area (Å²) < 4.78 is 0. The van der Waals surface area contributed by atoms with E-state index in [9.17, 15) is 19.2 Å². The van der Waals surface area contributed by atoms with Crippen LogP contribution >= 0.6 is 0 Å². The summed E-state index contributed by atoms with van der Waals surface area (Å²) in [7, 11) is 0. The predicted octanol–water partition coefficient (Wildman–Crippen LogP) is -0.388. The van der Waals surface area contributed by atoms with Gasteiger partial charge in [0.15, 0.2) is 5.96 Å². The molecule has 0 fully saturated rings. The molecule has 14 heteroatoms. The lowest BCUT2D eigenvalue weighted by atomic mass is 10.0. The van der Waals surface area contributed by atoms with Crippen LogP contribution in [-0.4, -0.2) is 71.8 Å². The van der Waals surface area contributed by atoms with Crippen LogP contribution in [0.3, 0.4) is 0 Å². The highest BCUT2D eigenvalue weighted by atomic mass is 16.2. The van der Waals surface area contributed by atoms with E-state index in [1.165, 1.54) is 0 Å². The molecule has 0 bridgehead atoms. The Hall–Kier alpha value is -4.95. The second kappa shape index (κ2) is 18.1. The number of rotatable bonds is 19. The number of carbonyl (C=O) groups excluding carboxylic acids is 4. The summed E-state index contributed by atoms with van der Waals surface area (Å²) >= 11 is 0. The van der Waals surface area contributed by atoms with Crippen molar-refractivity contribution in [1.82, 2.24) is 26.3 Å². The Labute approximate surface area is 268 Å². The van der Waals surface area contributed by atoms with Crippen LogP contribution < -0.4 is 44.2 Å². The molecule has 46 heavy (non-hydrogen) atoms. The van der Waals surface area contributed by atoms with E-state index in [1.807, 2.05) is 54.6 Å². The summed E-state index contributed by atoms with van der Waals surface area (Å²) in [6.45, 7) is 0.769. The van der Waals surface area contributed by atoms with Crippen molar-refractivity contribution in [2.75, 3.05) is 13.1 Å². The molecule has 2 aromatic carbocycles. The Balaban J connectivity index is 1.79. The molecule has 1 heterocycles. The maximum absolute atomic E-state index is 13.8. The van der Waals surface area contributed by atoms with Crippen molar-refractivity contribution < 1.29 is 19.2 Å². The fourth-order valence-electron chi connectivity index (χ4n) is 5.06. The number of hydrogen-bond donors (Lipinski definition) is 10. The summed E-state index contributed by atoms with van der Waals surface area (Å²) in [4.78, 5) is 55.9. The minimum absolute atomic E-state index is 0.120. The molecule has 0 unspecified atom stereocenters. The molecule has 1 aromatic heterocycles. The molecule has 0 aliphatic rings. The maximum atomic E-state index is 13.8. The molecule has 0 radical (unpaired) electrons. The van der Waals surface area contributed by atoms with Crippen LogP contribution in [0.2, 0.25) is 0 Å². The first-order valence-corrected chi connectivity index (χ1v) is 15.4. The van der Waals surface area contributed by atoms with E-state index in [-0.39, 0.29) is 31.6 Å². The van der Waals surface area contributed by atoms with Gasteiger partial charge in [-0.3, -0.25) is 24.6 Å². The van der Waals surface area contributed by atoms with Crippen LogP contribution in [0, 0.1) is 5.41 Å². The normalized spacial score (nSPS) is 13.6. The lowest BCUT2D eigenvalue weighted by Crippen LogP contribution is -2.58. The number of aromatic amines is 1. The van der Waals surface area contributed by atoms with Crippen molar-refractivity contribution in [3.05, 3.63) is 71.9 Å². The summed E-state index contributed by atoms with van der Waals surface area (Å²) in [5.41, 5.74) is 25.2. The number of nitrogens with one attached hydrogen (secondary N) is 6. The van der Waals surface area contributed by atoms with Crippen LogP contribution in [0.4, 0.5) is 0 Å². The van der Waals surface area contributed by atoms with Gasteiger partial charge in [0.25, 0.3) is 0 Å². The number of nitrogens with two attached hydrogens (primary N) is 4. The first kappa shape index (κ1) is 35.5. The van der Waals surface area contributed by atoms with Gasteiger partial charge in [-0.25, -0.2) is 0 Å². The highest BCUT2D eigenvalue weighted by Gasteiger charge is 2.30. The van der Waals surface area contributed by atoms with Crippen molar-refractivity contribution in [3.8, 4) is 0 Å². The zero-order valence-electron chi connectivity index (χ0n) is 25.9. The molecule has 0 saturated heterocycles. The van der Waals surface area contributed by atoms with Crippen LogP contribution in [0.25, 0.3) is 10.9 Å². The van der Waals surface area contributed by atoms with Gasteiger partial charge in [-0.05, 0) is 55.8 Å². The Kier molecular flexibility index (Phi) is 14.0. The lowest BCUT2D eigenvalue weighted by molar-refractivity contribution is -0.133. The van der Waals surface area contributed by atoms with E-state index >= 15 is 0 Å². The van der Waals surface area contributed by atoms with Crippen LogP contribution in [-0.2, 0) is 32.0 Å². The minimum atomic E-state index is -1.07. The largest absolute Gasteiger partial charge is 0.370 e. The molecule has 14 N–H and O–H groups in total. The quantitative estimate of drug-likeness (QED) is 0.0471. The highest BCUT2D eigenvalue weighted by Crippen LogP contribution is 2.19. The number of para-hydroxylation sites is 1. The molecular formula is C32H46N10O4. The fourth-order valence-corrected chi connectivity index (χ4v) is 5.06. The van der Waals surface area contributed by atoms with Crippen molar-refractivity contribution in [2.24, 2.45) is 22.9 Å². The van der Waals surface area contributed by atoms with Gasteiger partial charge in [0, 0.05) is 36.5 Å². The van der Waals surface area contributed by atoms with Crippen LogP contribution in [0.1, 0.15) is 43.2 Å². The molecule has 3 rings (SSSR count). The molecule has 248 valence electrons. The van der Waals surface area contributed by atoms with E-state index in [2.05, 4.69) is 26.3 Å². The Morgan fingerprint density at radius 1 is 0.761 bits per heavy atom. The van der Waals surface area contributed by atoms with E-state index < -0.39 is 47.8 Å². The van der Waals surface area contributed by atoms with Gasteiger partial charge in [0.1, 0.15) is 18.1 Å². The third-order valence-electron chi connectivity index (χ3n) is 7.60. The first-order chi connectivity index (χ1) is 22.1. The standard InChI is InChI=1S/C32H46N10O4/c33-15-7-6-14-25(30(45)41-26(28(35)43)17-20-9-2-1-3-10-20)40-31(46)27(18-21-19-39-24-13-5-4-11-22(21)24)42-29(44)23(34)12-8-16-38-32(36)37/h1-5,9-11,13,19,23,25-27,39H,6-8,12,14-18,33-34H2,(H2,35,43)(H,40,46)(H,41,45)(H,42,44)(H4,36,37,38)/t23-,25+,26+,27-/m1/s1. The minimum Gasteiger partial charge on any atom is -0.370 e. The van der Waals surface area contributed by atoms with Gasteiger partial charge in [-0.1, -0.05) is 48.5 Å². The average molecular weight is 635 g/mol. The summed E-state index contributed by atoms with van der Waals surface area (Å²) in [6, 6.07) is 12.7. The zero-order chi connectivity index (χ0) is 33.5. The van der Waals surface area contributed by atoms with Gasteiger partial charge in [-0.15, -0.1) is 0 Å². The van der Waals surface area contributed by atoms with Crippen LogP contribution in [0.5, 0.6) is 0 Å². The molecule has 4 amide bonds. The van der Waals surface area contributed by atoms with Gasteiger partial charge >= 0.3 is 0 Å². The van der Waals surface area contributed by atoms with Gasteiger partial charge < -0.3 is 49.2 Å². The molecule has 0 saturated carbocycles. The average Bonchev–Trinajstić information content (AvgIpc) is 3.44. The van der Waals surface area contributed by atoms with Crippen molar-refractivity contribution in [2.45, 2.75) is 69.1 Å². The smallest absolute Gasteiger partial charge is 0.243 e. The molecular weight excluding hydrogens is 588 g/mol. The topological polar surface area (TPSA) is 260 Å². The zero-order valence-corrected chi connectivity index (χ0v) is 25.9. The molecule has 3 aromatic rings. The second-order valence-corrected chi connectivity index (χ2v) is 11.2. The second-order valence-electron chi connectivity index (χ2n) is 11.2. The molecule has 0 aliphatic carbocycles. The third kappa shape index (κ3) is 11.2. The Morgan fingerprint density at radius 2 is 1.41 bits per heavy atom. The number of carbonyl (C=O) groups is 4. The SMILES string of the molecule is N=C(N)NCCC[C@@H](N)C(=O)N[C@H](Cc1c[nH]c2ccccc12)C(=O)N[C@@H](CCCCN)C(=O)N[C@@H](Cc1ccccc1)C(N)=O. The molecule has 0 spiro atoms. The number of aromatic nitrogens is 1. The van der Waals surface area contributed by atoms with Gasteiger partial charge in [-0.2, -0.15) is 0 Å². The number of hydrogen-bond acceptors (Lipinski definition) is 7. The number of fused-ring (bicyclic) bond motifs is 1. The lowest BCUT2D eigenvalue weighted by Gasteiger charge is -2.25. The highest BCUT2D eigenvalue weighted by molar-refractivity contribution is 5.95. The number of H-pyrrole nitrogens is 1. The monoisotopic (exact) mass is 634 g/mol. The van der Waals surface area contributed by atoms with Gasteiger partial charge in [0.2, 0.25) is 23.6 Å². The molecule has 14 nitrogen and oxygen atoms in total. The summed E-state index contributed by atoms with van der Waals surface area (Å²) in [6.07, 6.45) is 4.24. The number of primary amides is 1. The Bertz CT molecular complexity index is 1460. The molecule has 0 aliphatic heterocycles. The first-order valence-electron chi connectivity index (χ1n) is 15.4. The van der Waals surface area contributed by atoms with E-state index in [0.717, 1.165) is 22.0 Å². The van der Waals surface area contributed by atoms with Crippen LogP contribution in [0.15, 0.2) is 60.8 Å². The summed E-state index contributed by atoms with van der Waals surface area (Å²) in [5.74, 6) is -2.59. The van der Waals surface area contributed by atoms with E-state index in [0.29, 0.717) is 32.4 Å². The van der Waals surface area contributed by atoms with E-state index in [1.54, 1.807) is 6.20 Å². The molecule has 4 atom stereocenters. The third-order valence-corrected chi connectivity index (χ3v) is 7.60. The van der Waals surface area contributed by atoms with Crippen molar-refractivity contribution in [3.63, 3.8) is 0 Å². The van der Waals surface area contributed by atoms with Gasteiger partial charge in [0.05, 0.1) is 6.04 Å². The number of amides is 4. The number of benzene rings is 2. The fraction of sp³-hybridized carbons (Fsp3) is 0.406. The van der Waals surface area contributed by atoms with E-state index in [4.69, 9.17) is 28.3 Å². The van der Waals surface area contributed by atoms with Crippen molar-refractivity contribution in [1.29, 1.82) is 5.41 Å². The Morgan fingerprint density at radius 3 is 2.11 bits per heavy atom. The van der Waals surface area contributed by atoms with Crippen molar-refractivity contribution >= 4 is 40.5 Å². The summed E-state index contributed by atoms with van der Waals surface area (Å²) in [5, 5.41) is 19.1. The number of guanidine groups is 1. The predicted molar refractivity (Wildman–Crippen MR) is 177 cm³/mol. The number of unbranched alkanes of at least 4 members (excludes halogenated alkanes) is 1.